The van der Waals surface area contributed by atoms with E-state index in [1.54, 1.807) is 30.3 Å². The molecule has 0 N–H and O–H groups in total. The summed E-state index contributed by atoms with van der Waals surface area (Å²) in [6, 6.07) is 10.9. The Kier molecular flexibility index (Phi) is 26.6. The topological polar surface area (TPSA) is 78.9 Å². The highest BCUT2D eigenvalue weighted by atomic mass is 35.5. The standard InChI is InChI=1S/C45H69ClO6/c1-3-5-7-9-11-13-15-17-19-21-23-25-27-29-43(47)50-39-32-34-40(35-33-39)51-45(49)41-37-38(46)31-36-42(41)52-44(48)30-28-26-24-22-20-18-16-14-12-10-8-6-4-2/h31-37H,3-30H2,1-2H3. The number of unbranched alkanes of at least 4 members (excludes halogenated alkanes) is 24. The molecule has 2 aromatic carbocycles. The Balaban J connectivity index is 1.61. The quantitative estimate of drug-likeness (QED) is 0.0422. The van der Waals surface area contributed by atoms with Crippen LogP contribution in [0.25, 0.3) is 0 Å². The first kappa shape index (κ1) is 45.3. The molecule has 6 nitrogen and oxygen atoms in total. The first-order valence-corrected chi connectivity index (χ1v) is 21.3. The Labute approximate surface area is 321 Å². The maximum atomic E-state index is 13.1. The molecule has 0 atom stereocenters. The summed E-state index contributed by atoms with van der Waals surface area (Å²) >= 11 is 6.17. The van der Waals surface area contributed by atoms with Crippen molar-refractivity contribution in [1.82, 2.24) is 0 Å². The van der Waals surface area contributed by atoms with E-state index in [1.165, 1.54) is 141 Å². The second-order valence-corrected chi connectivity index (χ2v) is 14.9. The largest absolute Gasteiger partial charge is 0.427 e. The summed E-state index contributed by atoms with van der Waals surface area (Å²) < 4.78 is 16.6. The van der Waals surface area contributed by atoms with E-state index < -0.39 is 5.97 Å². The van der Waals surface area contributed by atoms with Crippen molar-refractivity contribution in [2.24, 2.45) is 0 Å². The fourth-order valence-electron chi connectivity index (χ4n) is 6.42. The molecule has 0 bridgehead atoms. The van der Waals surface area contributed by atoms with Crippen LogP contribution in [0.1, 0.15) is 204 Å². The molecule has 7 heteroatoms. The second-order valence-electron chi connectivity index (χ2n) is 14.4. The Morgan fingerprint density at radius 3 is 1.19 bits per heavy atom. The molecular weight excluding hydrogens is 672 g/mol. The average molecular weight is 741 g/mol. The molecule has 0 heterocycles. The number of hydrogen-bond donors (Lipinski definition) is 0. The number of benzene rings is 2. The molecule has 52 heavy (non-hydrogen) atoms. The van der Waals surface area contributed by atoms with Gasteiger partial charge in [-0.15, -0.1) is 0 Å². The van der Waals surface area contributed by atoms with Crippen LogP contribution in [0.3, 0.4) is 0 Å². The van der Waals surface area contributed by atoms with Crippen LogP contribution in [-0.4, -0.2) is 17.9 Å². The Bertz CT molecular complexity index is 1230. The lowest BCUT2D eigenvalue weighted by atomic mass is 10.0. The van der Waals surface area contributed by atoms with Gasteiger partial charge in [-0.1, -0.05) is 180 Å². The van der Waals surface area contributed by atoms with E-state index in [2.05, 4.69) is 13.8 Å². The van der Waals surface area contributed by atoms with Gasteiger partial charge in [0.05, 0.1) is 0 Å². The molecule has 0 radical (unpaired) electrons. The van der Waals surface area contributed by atoms with Gasteiger partial charge in [-0.05, 0) is 55.3 Å². The molecule has 0 saturated heterocycles. The molecule has 2 aromatic rings. The van der Waals surface area contributed by atoms with E-state index in [4.69, 9.17) is 25.8 Å². The minimum atomic E-state index is -0.696. The third kappa shape index (κ3) is 22.9. The van der Waals surface area contributed by atoms with Gasteiger partial charge in [0.15, 0.2) is 0 Å². The molecule has 2 rings (SSSR count). The van der Waals surface area contributed by atoms with Crippen molar-refractivity contribution >= 4 is 29.5 Å². The zero-order valence-corrected chi connectivity index (χ0v) is 33.4. The van der Waals surface area contributed by atoms with Crippen LogP contribution >= 0.6 is 11.6 Å². The number of carbonyl (C=O) groups excluding carboxylic acids is 3. The number of carbonyl (C=O) groups is 3. The van der Waals surface area contributed by atoms with Gasteiger partial charge in [0.25, 0.3) is 0 Å². The van der Waals surface area contributed by atoms with Crippen LogP contribution in [0.4, 0.5) is 0 Å². The molecule has 0 spiro atoms. The second kappa shape index (κ2) is 30.6. The molecule has 0 fully saturated rings. The van der Waals surface area contributed by atoms with Crippen LogP contribution in [0, 0.1) is 0 Å². The summed E-state index contributed by atoms with van der Waals surface area (Å²) in [5.74, 6) is -0.566. The van der Waals surface area contributed by atoms with Crippen molar-refractivity contribution < 1.29 is 28.6 Å². The summed E-state index contributed by atoms with van der Waals surface area (Å²) in [6.07, 6.45) is 33.0. The Morgan fingerprint density at radius 1 is 0.442 bits per heavy atom. The third-order valence-corrected chi connectivity index (χ3v) is 9.86. The van der Waals surface area contributed by atoms with Crippen LogP contribution in [0.15, 0.2) is 42.5 Å². The predicted molar refractivity (Wildman–Crippen MR) is 215 cm³/mol. The van der Waals surface area contributed by atoms with Crippen molar-refractivity contribution in [1.29, 1.82) is 0 Å². The normalized spacial score (nSPS) is 11.1. The van der Waals surface area contributed by atoms with E-state index >= 15 is 0 Å². The van der Waals surface area contributed by atoms with Gasteiger partial charge in [0, 0.05) is 17.9 Å². The minimum absolute atomic E-state index is 0.0690. The van der Waals surface area contributed by atoms with Crippen molar-refractivity contribution in [2.75, 3.05) is 0 Å². The molecule has 292 valence electrons. The average Bonchev–Trinajstić information content (AvgIpc) is 3.13. The molecular formula is C45H69ClO6. The summed E-state index contributed by atoms with van der Waals surface area (Å²) in [7, 11) is 0. The molecule has 0 saturated carbocycles. The first-order chi connectivity index (χ1) is 25.4. The van der Waals surface area contributed by atoms with Gasteiger partial charge >= 0.3 is 17.9 Å². The lowest BCUT2D eigenvalue weighted by molar-refractivity contribution is -0.135. The molecule has 0 aliphatic carbocycles. The molecule has 0 aliphatic heterocycles. The number of esters is 3. The summed E-state index contributed by atoms with van der Waals surface area (Å²) in [6.45, 7) is 4.51. The van der Waals surface area contributed by atoms with Crippen molar-refractivity contribution in [3.05, 3.63) is 53.1 Å². The van der Waals surface area contributed by atoms with Gasteiger partial charge in [-0.2, -0.15) is 0 Å². The molecule has 0 aliphatic rings. The number of hydrogen-bond acceptors (Lipinski definition) is 6. The highest BCUT2D eigenvalue weighted by Gasteiger charge is 2.19. The molecule has 0 unspecified atom stereocenters. The van der Waals surface area contributed by atoms with E-state index in [9.17, 15) is 14.4 Å². The first-order valence-electron chi connectivity index (χ1n) is 21.0. The summed E-state index contributed by atoms with van der Waals surface area (Å²) in [4.78, 5) is 38.0. The highest BCUT2D eigenvalue weighted by Crippen LogP contribution is 2.27. The highest BCUT2D eigenvalue weighted by molar-refractivity contribution is 6.31. The fraction of sp³-hybridized carbons (Fsp3) is 0.667. The lowest BCUT2D eigenvalue weighted by Gasteiger charge is -2.11. The Morgan fingerprint density at radius 2 is 0.788 bits per heavy atom. The minimum Gasteiger partial charge on any atom is -0.427 e. The third-order valence-electron chi connectivity index (χ3n) is 9.62. The van der Waals surface area contributed by atoms with Gasteiger partial charge in [-0.3, -0.25) is 9.59 Å². The van der Waals surface area contributed by atoms with Crippen LogP contribution in [0.2, 0.25) is 5.02 Å². The lowest BCUT2D eigenvalue weighted by Crippen LogP contribution is -2.14. The molecule has 0 amide bonds. The van der Waals surface area contributed by atoms with Crippen molar-refractivity contribution in [2.45, 2.75) is 194 Å². The number of halogens is 1. The summed E-state index contributed by atoms with van der Waals surface area (Å²) in [5.41, 5.74) is 0.0690. The van der Waals surface area contributed by atoms with Crippen molar-refractivity contribution in [3.8, 4) is 17.2 Å². The fourth-order valence-corrected chi connectivity index (χ4v) is 6.59. The van der Waals surface area contributed by atoms with Gasteiger partial charge in [0.2, 0.25) is 0 Å². The number of rotatable bonds is 32. The summed E-state index contributed by atoms with van der Waals surface area (Å²) in [5, 5.41) is 0.328. The maximum Gasteiger partial charge on any atom is 0.347 e. The zero-order valence-electron chi connectivity index (χ0n) is 32.7. The predicted octanol–water partition coefficient (Wildman–Crippen LogP) is 14.3. The van der Waals surface area contributed by atoms with Gasteiger partial charge < -0.3 is 14.2 Å². The molecule has 0 aromatic heterocycles. The zero-order chi connectivity index (χ0) is 37.5. The van der Waals surface area contributed by atoms with Crippen LogP contribution in [0.5, 0.6) is 17.2 Å². The van der Waals surface area contributed by atoms with Crippen molar-refractivity contribution in [3.63, 3.8) is 0 Å². The Hall–Kier alpha value is -2.86. The number of ether oxygens (including phenoxy) is 3. The smallest absolute Gasteiger partial charge is 0.347 e. The monoisotopic (exact) mass is 740 g/mol. The van der Waals surface area contributed by atoms with Crippen LogP contribution in [-0.2, 0) is 9.59 Å². The SMILES string of the molecule is CCCCCCCCCCCCCCCC(=O)Oc1ccc(OC(=O)c2cc(Cl)ccc2OC(=O)CCCCCCCCCCCCCCC)cc1. The maximum absolute atomic E-state index is 13.1. The van der Waals surface area contributed by atoms with E-state index in [0.29, 0.717) is 17.2 Å². The van der Waals surface area contributed by atoms with E-state index in [-0.39, 0.29) is 35.4 Å². The van der Waals surface area contributed by atoms with E-state index in [1.807, 2.05) is 0 Å². The van der Waals surface area contributed by atoms with Gasteiger partial charge in [0.1, 0.15) is 22.8 Å². The van der Waals surface area contributed by atoms with Crippen LogP contribution < -0.4 is 14.2 Å². The van der Waals surface area contributed by atoms with Gasteiger partial charge in [-0.25, -0.2) is 4.79 Å². The van der Waals surface area contributed by atoms with E-state index in [0.717, 1.165) is 38.5 Å².